The number of hydrogen-bond donors (Lipinski definition) is 2. The van der Waals surface area contributed by atoms with Crippen LogP contribution in [0.5, 0.6) is 11.5 Å². The van der Waals surface area contributed by atoms with Gasteiger partial charge < -0.3 is 19.8 Å². The van der Waals surface area contributed by atoms with Gasteiger partial charge in [0.25, 0.3) is 5.56 Å². The number of nitrogens with zero attached hydrogens (tertiary/aromatic N) is 3. The molecule has 2 N–H and O–H groups in total. The van der Waals surface area contributed by atoms with Crippen LogP contribution in [0.25, 0.3) is 11.0 Å². The molecule has 0 bridgehead atoms. The molecule has 2 heterocycles. The van der Waals surface area contributed by atoms with Crippen molar-refractivity contribution in [2.75, 3.05) is 26.1 Å². The first kappa shape index (κ1) is 20.4. The summed E-state index contributed by atoms with van der Waals surface area (Å²) < 4.78 is 11.7. The summed E-state index contributed by atoms with van der Waals surface area (Å²) in [6.07, 6.45) is 2.15. The molecule has 29 heavy (non-hydrogen) atoms. The molecule has 2 aromatic heterocycles. The molecule has 9 nitrogen and oxygen atoms in total. The van der Waals surface area contributed by atoms with E-state index >= 15 is 0 Å². The van der Waals surface area contributed by atoms with Crippen LogP contribution in [0.3, 0.4) is 0 Å². The van der Waals surface area contributed by atoms with Crippen LogP contribution in [-0.4, -0.2) is 40.3 Å². The largest absolute Gasteiger partial charge is 0.493 e. The van der Waals surface area contributed by atoms with E-state index in [0.29, 0.717) is 42.5 Å². The Morgan fingerprint density at radius 3 is 2.66 bits per heavy atom. The third kappa shape index (κ3) is 4.56. The van der Waals surface area contributed by atoms with Crippen molar-refractivity contribution in [3.8, 4) is 11.5 Å². The predicted octanol–water partition coefficient (Wildman–Crippen LogP) is 2.30. The van der Waals surface area contributed by atoms with Crippen LogP contribution in [-0.2, 0) is 13.0 Å². The number of benzene rings is 1. The van der Waals surface area contributed by atoms with E-state index in [0.717, 1.165) is 5.56 Å². The Morgan fingerprint density at radius 2 is 1.97 bits per heavy atom. The average Bonchev–Trinajstić information content (AvgIpc) is 2.71. The Bertz CT molecular complexity index is 1130. The van der Waals surface area contributed by atoms with Gasteiger partial charge in [0.2, 0.25) is 5.95 Å². The second-order valence-corrected chi connectivity index (χ2v) is 7.06. The van der Waals surface area contributed by atoms with Gasteiger partial charge in [0, 0.05) is 15.9 Å². The van der Waals surface area contributed by atoms with Crippen molar-refractivity contribution in [1.82, 2.24) is 19.5 Å². The molecule has 3 rings (SSSR count). The van der Waals surface area contributed by atoms with Gasteiger partial charge in [-0.05, 0) is 30.0 Å². The topological polar surface area (TPSA) is 111 Å². The number of nitrogens with one attached hydrogen (secondary N) is 2. The fraction of sp³-hybridized carbons (Fsp3) is 0.400. The Labute approximate surface area is 170 Å². The number of hydrogen-bond acceptors (Lipinski definition) is 7. The maximum absolute atomic E-state index is 12.7. The molecule has 0 aliphatic heterocycles. The van der Waals surface area contributed by atoms with E-state index in [-0.39, 0.29) is 14.3 Å². The summed E-state index contributed by atoms with van der Waals surface area (Å²) >= 11 is 0. The van der Waals surface area contributed by atoms with Crippen LogP contribution in [0.2, 0.25) is 0 Å². The number of H-pyrrole nitrogens is 1. The highest BCUT2D eigenvalue weighted by Gasteiger charge is 2.12. The normalized spacial score (nSPS) is 11.1. The molecule has 0 atom stereocenters. The SMILES string of the molecule is COc1ccc(CCNc2ncc3[nH]c(=O)n(CC(C)C)c(=O)c3n2)cc1OC.[HH].[HH]. The highest BCUT2D eigenvalue weighted by Crippen LogP contribution is 2.27. The van der Waals surface area contributed by atoms with E-state index in [2.05, 4.69) is 20.3 Å². The molecule has 3 aromatic rings. The molecule has 0 unspecified atom stereocenters. The maximum atomic E-state index is 12.7. The number of aromatic nitrogens is 4. The minimum absolute atomic E-state index is 0. The van der Waals surface area contributed by atoms with Gasteiger partial charge in [-0.25, -0.2) is 14.8 Å². The Kier molecular flexibility index (Phi) is 6.16. The number of ether oxygens (including phenoxy) is 2. The third-order valence-electron chi connectivity index (χ3n) is 4.42. The molecular formula is C20H29N5O4. The lowest BCUT2D eigenvalue weighted by atomic mass is 10.1. The Morgan fingerprint density at radius 1 is 1.21 bits per heavy atom. The zero-order chi connectivity index (χ0) is 21.0. The van der Waals surface area contributed by atoms with E-state index in [1.807, 2.05) is 32.0 Å². The first-order valence-corrected chi connectivity index (χ1v) is 9.37. The second-order valence-electron chi connectivity index (χ2n) is 7.06. The molecule has 0 amide bonds. The fourth-order valence-corrected chi connectivity index (χ4v) is 3.01. The van der Waals surface area contributed by atoms with Crippen molar-refractivity contribution in [3.63, 3.8) is 0 Å². The number of aromatic amines is 1. The van der Waals surface area contributed by atoms with Gasteiger partial charge in [0.1, 0.15) is 0 Å². The standard InChI is InChI=1S/C20H25N5O4.2H2/c1-12(2)11-25-18(26)17-14(23-20(25)27)10-22-19(24-17)21-8-7-13-5-6-15(28-3)16(9-13)29-4;;/h5-6,9-10,12H,7-8,11H2,1-4H3,(H,23,27)(H,21,22,24);2*1H. The van der Waals surface area contributed by atoms with Gasteiger partial charge in [0.15, 0.2) is 17.0 Å². The van der Waals surface area contributed by atoms with Gasteiger partial charge in [-0.1, -0.05) is 19.9 Å². The number of methoxy groups -OCH3 is 2. The van der Waals surface area contributed by atoms with Crippen LogP contribution < -0.4 is 26.0 Å². The summed E-state index contributed by atoms with van der Waals surface area (Å²) in [4.78, 5) is 35.9. The molecule has 0 spiro atoms. The van der Waals surface area contributed by atoms with Crippen molar-refractivity contribution in [2.45, 2.75) is 26.8 Å². The van der Waals surface area contributed by atoms with Crippen molar-refractivity contribution in [3.05, 3.63) is 50.8 Å². The monoisotopic (exact) mass is 403 g/mol. The molecule has 0 saturated heterocycles. The Balaban J connectivity index is 0.00000240. The summed E-state index contributed by atoms with van der Waals surface area (Å²) in [5.74, 6) is 1.83. The van der Waals surface area contributed by atoms with Crippen molar-refractivity contribution < 1.29 is 12.3 Å². The molecule has 0 saturated carbocycles. The van der Waals surface area contributed by atoms with Crippen molar-refractivity contribution in [2.24, 2.45) is 5.92 Å². The third-order valence-corrected chi connectivity index (χ3v) is 4.42. The molecule has 0 radical (unpaired) electrons. The first-order chi connectivity index (χ1) is 13.9. The molecule has 9 heteroatoms. The van der Waals surface area contributed by atoms with Gasteiger partial charge in [0.05, 0.1) is 25.9 Å². The van der Waals surface area contributed by atoms with Crippen LogP contribution in [0.4, 0.5) is 5.95 Å². The van der Waals surface area contributed by atoms with Crippen LogP contribution in [0, 0.1) is 5.92 Å². The van der Waals surface area contributed by atoms with E-state index in [1.54, 1.807) is 14.2 Å². The fourth-order valence-electron chi connectivity index (χ4n) is 3.01. The maximum Gasteiger partial charge on any atom is 0.328 e. The predicted molar refractivity (Wildman–Crippen MR) is 115 cm³/mol. The smallest absolute Gasteiger partial charge is 0.328 e. The molecule has 0 fully saturated rings. The van der Waals surface area contributed by atoms with Crippen LogP contribution in [0.1, 0.15) is 22.3 Å². The van der Waals surface area contributed by atoms with Gasteiger partial charge in [-0.3, -0.25) is 9.36 Å². The van der Waals surface area contributed by atoms with Crippen LogP contribution in [0.15, 0.2) is 34.0 Å². The van der Waals surface area contributed by atoms with Crippen molar-refractivity contribution in [1.29, 1.82) is 0 Å². The van der Waals surface area contributed by atoms with Crippen molar-refractivity contribution >= 4 is 17.0 Å². The zero-order valence-electron chi connectivity index (χ0n) is 17.0. The molecule has 1 aromatic carbocycles. The molecule has 0 aliphatic rings. The quantitative estimate of drug-likeness (QED) is 0.594. The summed E-state index contributed by atoms with van der Waals surface area (Å²) in [6, 6.07) is 5.73. The summed E-state index contributed by atoms with van der Waals surface area (Å²) in [5, 5.41) is 3.12. The zero-order valence-corrected chi connectivity index (χ0v) is 17.0. The molecule has 158 valence electrons. The minimum Gasteiger partial charge on any atom is -0.493 e. The minimum atomic E-state index is -0.450. The lowest BCUT2D eigenvalue weighted by Gasteiger charge is -2.11. The first-order valence-electron chi connectivity index (χ1n) is 9.37. The van der Waals surface area contributed by atoms with E-state index in [1.165, 1.54) is 10.8 Å². The van der Waals surface area contributed by atoms with Gasteiger partial charge >= 0.3 is 5.69 Å². The highest BCUT2D eigenvalue weighted by atomic mass is 16.5. The Hall–Kier alpha value is -3.36. The lowest BCUT2D eigenvalue weighted by Crippen LogP contribution is -2.36. The highest BCUT2D eigenvalue weighted by molar-refractivity contribution is 5.72. The molecule has 0 aliphatic carbocycles. The molecular weight excluding hydrogens is 374 g/mol. The van der Waals surface area contributed by atoms with E-state index < -0.39 is 11.2 Å². The van der Waals surface area contributed by atoms with E-state index in [9.17, 15) is 9.59 Å². The van der Waals surface area contributed by atoms with Gasteiger partial charge in [-0.15, -0.1) is 0 Å². The van der Waals surface area contributed by atoms with E-state index in [4.69, 9.17) is 9.47 Å². The average molecular weight is 403 g/mol. The van der Waals surface area contributed by atoms with Crippen LogP contribution >= 0.6 is 0 Å². The van der Waals surface area contributed by atoms with Gasteiger partial charge in [-0.2, -0.15) is 0 Å². The lowest BCUT2D eigenvalue weighted by molar-refractivity contribution is 0.354. The summed E-state index contributed by atoms with van der Waals surface area (Å²) in [7, 11) is 3.19. The second kappa shape index (κ2) is 8.76. The summed E-state index contributed by atoms with van der Waals surface area (Å²) in [6.45, 7) is 4.77. The number of anilines is 1. The number of fused-ring (bicyclic) bond motifs is 1. The number of rotatable bonds is 8. The summed E-state index contributed by atoms with van der Waals surface area (Å²) in [5.41, 5.74) is 0.704.